The maximum absolute atomic E-state index is 11.3. The molecular weight excluding hydrogens is 190 g/mol. The predicted octanol–water partition coefficient (Wildman–Crippen LogP) is 0.0809. The second-order valence-electron chi connectivity index (χ2n) is 3.14. The van der Waals surface area contributed by atoms with E-state index in [2.05, 4.69) is 4.99 Å². The molecule has 0 aromatic heterocycles. The minimum Gasteiger partial charge on any atom is -0.299 e. The van der Waals surface area contributed by atoms with Crippen molar-refractivity contribution < 1.29 is 13.2 Å². The fraction of sp³-hybridized carbons (Fsp3) is 0.750. The quantitative estimate of drug-likeness (QED) is 0.638. The van der Waals surface area contributed by atoms with Crippen molar-refractivity contribution in [3.8, 4) is 0 Å². The van der Waals surface area contributed by atoms with E-state index < -0.39 is 15.8 Å². The second-order valence-corrected chi connectivity index (χ2v) is 5.25. The van der Waals surface area contributed by atoms with Gasteiger partial charge in [0.1, 0.15) is 5.78 Å². The summed E-state index contributed by atoms with van der Waals surface area (Å²) in [6.45, 7) is 1.74. The van der Waals surface area contributed by atoms with E-state index in [0.29, 0.717) is 12.1 Å². The lowest BCUT2D eigenvalue weighted by Crippen LogP contribution is -2.21. The molecule has 0 saturated carbocycles. The number of hydrogen-bond acceptors (Lipinski definition) is 4. The van der Waals surface area contributed by atoms with Gasteiger partial charge in [0.2, 0.25) is 0 Å². The topological polar surface area (TPSA) is 63.6 Å². The van der Waals surface area contributed by atoms with E-state index in [1.54, 1.807) is 6.92 Å². The van der Waals surface area contributed by atoms with Gasteiger partial charge in [0, 0.05) is 19.2 Å². The Balaban J connectivity index is 2.94. The first kappa shape index (κ1) is 10.4. The van der Waals surface area contributed by atoms with E-state index >= 15 is 0 Å². The number of hydrogen-bond donors (Lipinski definition) is 0. The van der Waals surface area contributed by atoms with E-state index in [4.69, 9.17) is 0 Å². The number of carbonyl (C=O) groups is 1. The third kappa shape index (κ3) is 2.15. The lowest BCUT2D eigenvalue weighted by atomic mass is 10.00. The largest absolute Gasteiger partial charge is 0.299 e. The average Bonchev–Trinajstić information content (AvgIpc) is 2.39. The standard InChI is InChI=1S/C8H13NO3S/c1-3-8(10)6-4-13(11,12)5-7(6)9-2/h6H,3-5H2,1-2H3. The van der Waals surface area contributed by atoms with Gasteiger partial charge in [0.25, 0.3) is 0 Å². The lowest BCUT2D eigenvalue weighted by Gasteiger charge is -2.04. The SMILES string of the molecule is CCC(=O)C1CS(=O)(=O)CC1=NC. The van der Waals surface area contributed by atoms with Crippen LogP contribution >= 0.6 is 0 Å². The number of nitrogens with zero attached hydrogens (tertiary/aromatic N) is 1. The molecule has 1 atom stereocenters. The highest BCUT2D eigenvalue weighted by Gasteiger charge is 2.37. The zero-order valence-electron chi connectivity index (χ0n) is 7.78. The van der Waals surface area contributed by atoms with Crippen LogP contribution in [-0.4, -0.2) is 38.5 Å². The van der Waals surface area contributed by atoms with E-state index in [1.807, 2.05) is 0 Å². The van der Waals surface area contributed by atoms with Crippen LogP contribution < -0.4 is 0 Å². The molecule has 0 aromatic carbocycles. The molecule has 1 aliphatic heterocycles. The summed E-state index contributed by atoms with van der Waals surface area (Å²) in [7, 11) is -1.53. The summed E-state index contributed by atoms with van der Waals surface area (Å²) in [4.78, 5) is 15.2. The van der Waals surface area contributed by atoms with Gasteiger partial charge < -0.3 is 0 Å². The molecular formula is C8H13NO3S. The minimum absolute atomic E-state index is 0.0262. The molecule has 0 bridgehead atoms. The Hall–Kier alpha value is -0.710. The van der Waals surface area contributed by atoms with Gasteiger partial charge in [-0.2, -0.15) is 0 Å². The van der Waals surface area contributed by atoms with Gasteiger partial charge in [-0.3, -0.25) is 9.79 Å². The highest BCUT2D eigenvalue weighted by atomic mass is 32.2. The number of carbonyl (C=O) groups excluding carboxylic acids is 1. The summed E-state index contributed by atoms with van der Waals surface area (Å²) in [5.41, 5.74) is 0.520. The van der Waals surface area contributed by atoms with Crippen LogP contribution in [0.1, 0.15) is 13.3 Å². The monoisotopic (exact) mass is 203 g/mol. The van der Waals surface area contributed by atoms with Gasteiger partial charge in [-0.1, -0.05) is 6.92 Å². The van der Waals surface area contributed by atoms with E-state index in [-0.39, 0.29) is 17.3 Å². The molecule has 0 amide bonds. The maximum Gasteiger partial charge on any atom is 0.156 e. The first-order chi connectivity index (χ1) is 6.00. The highest BCUT2D eigenvalue weighted by molar-refractivity contribution is 7.92. The van der Waals surface area contributed by atoms with Crippen LogP contribution in [0.15, 0.2) is 4.99 Å². The van der Waals surface area contributed by atoms with Crippen molar-refractivity contribution in [1.82, 2.24) is 0 Å². The first-order valence-corrected chi connectivity index (χ1v) is 6.01. The average molecular weight is 203 g/mol. The van der Waals surface area contributed by atoms with Crippen molar-refractivity contribution in [2.24, 2.45) is 10.9 Å². The summed E-state index contributed by atoms with van der Waals surface area (Å²) in [6.07, 6.45) is 0.374. The Bertz CT molecular complexity index is 342. The molecule has 1 unspecified atom stereocenters. The molecule has 1 heterocycles. The van der Waals surface area contributed by atoms with Gasteiger partial charge in [-0.05, 0) is 0 Å². The van der Waals surface area contributed by atoms with E-state index in [1.165, 1.54) is 7.05 Å². The van der Waals surface area contributed by atoms with Crippen LogP contribution in [-0.2, 0) is 14.6 Å². The fourth-order valence-corrected chi connectivity index (χ4v) is 3.27. The van der Waals surface area contributed by atoms with E-state index in [0.717, 1.165) is 0 Å². The van der Waals surface area contributed by atoms with Crippen molar-refractivity contribution in [1.29, 1.82) is 0 Å². The van der Waals surface area contributed by atoms with E-state index in [9.17, 15) is 13.2 Å². The van der Waals surface area contributed by atoms with Crippen LogP contribution in [0.5, 0.6) is 0 Å². The Morgan fingerprint density at radius 1 is 1.62 bits per heavy atom. The van der Waals surface area contributed by atoms with Crippen LogP contribution in [0.2, 0.25) is 0 Å². The Morgan fingerprint density at radius 3 is 2.69 bits per heavy atom. The molecule has 0 aliphatic carbocycles. The lowest BCUT2D eigenvalue weighted by molar-refractivity contribution is -0.120. The minimum atomic E-state index is -3.06. The van der Waals surface area contributed by atoms with Crippen molar-refractivity contribution in [3.05, 3.63) is 0 Å². The highest BCUT2D eigenvalue weighted by Crippen LogP contribution is 2.18. The molecule has 1 fully saturated rings. The van der Waals surface area contributed by atoms with Crippen LogP contribution in [0.3, 0.4) is 0 Å². The first-order valence-electron chi connectivity index (χ1n) is 4.19. The zero-order valence-corrected chi connectivity index (χ0v) is 8.60. The molecule has 1 aliphatic rings. The summed E-state index contributed by atoms with van der Waals surface area (Å²) < 4.78 is 22.4. The molecule has 4 nitrogen and oxygen atoms in total. The number of ketones is 1. The third-order valence-corrected chi connectivity index (χ3v) is 3.79. The van der Waals surface area contributed by atoms with Gasteiger partial charge in [0.15, 0.2) is 9.84 Å². The molecule has 74 valence electrons. The Labute approximate surface area is 78.0 Å². The van der Waals surface area contributed by atoms with Gasteiger partial charge in [0.05, 0.1) is 17.4 Å². The smallest absolute Gasteiger partial charge is 0.156 e. The fourth-order valence-electron chi connectivity index (χ4n) is 1.48. The van der Waals surface area contributed by atoms with Gasteiger partial charge in [-0.25, -0.2) is 8.42 Å². The molecule has 0 spiro atoms. The summed E-state index contributed by atoms with van der Waals surface area (Å²) in [5.74, 6) is -0.589. The number of Topliss-reactive ketones (excluding diaryl/α,β-unsaturated/α-hetero) is 1. The summed E-state index contributed by atoms with van der Waals surface area (Å²) in [6, 6.07) is 0. The maximum atomic E-state index is 11.3. The number of sulfone groups is 1. The zero-order chi connectivity index (χ0) is 10.1. The van der Waals surface area contributed by atoms with Crippen LogP contribution in [0.25, 0.3) is 0 Å². The molecule has 0 aromatic rings. The summed E-state index contributed by atoms with van der Waals surface area (Å²) >= 11 is 0. The van der Waals surface area contributed by atoms with Gasteiger partial charge >= 0.3 is 0 Å². The molecule has 1 rings (SSSR count). The Morgan fingerprint density at radius 2 is 2.23 bits per heavy atom. The molecule has 5 heteroatoms. The summed E-state index contributed by atoms with van der Waals surface area (Å²) in [5, 5.41) is 0. The van der Waals surface area contributed by atoms with Gasteiger partial charge in [-0.15, -0.1) is 0 Å². The molecule has 1 saturated heterocycles. The number of aliphatic imine (C=N–C) groups is 1. The van der Waals surface area contributed by atoms with Crippen molar-refractivity contribution >= 4 is 21.3 Å². The normalized spacial score (nSPS) is 29.4. The second kappa shape index (κ2) is 3.57. The number of rotatable bonds is 2. The third-order valence-electron chi connectivity index (χ3n) is 2.21. The molecule has 13 heavy (non-hydrogen) atoms. The predicted molar refractivity (Wildman–Crippen MR) is 50.8 cm³/mol. The van der Waals surface area contributed by atoms with Crippen molar-refractivity contribution in [3.63, 3.8) is 0 Å². The van der Waals surface area contributed by atoms with Crippen LogP contribution in [0.4, 0.5) is 0 Å². The molecule has 0 N–H and O–H groups in total. The van der Waals surface area contributed by atoms with Crippen LogP contribution in [0, 0.1) is 5.92 Å². The molecule has 0 radical (unpaired) electrons. The van der Waals surface area contributed by atoms with Crippen molar-refractivity contribution in [2.75, 3.05) is 18.6 Å². The Kier molecular flexibility index (Phi) is 2.85. The van der Waals surface area contributed by atoms with Crippen molar-refractivity contribution in [2.45, 2.75) is 13.3 Å².